The van der Waals surface area contributed by atoms with E-state index < -0.39 is 0 Å². The molecule has 0 spiro atoms. The third-order valence-corrected chi connectivity index (χ3v) is 3.24. The molecule has 0 saturated heterocycles. The van der Waals surface area contributed by atoms with Gasteiger partial charge >= 0.3 is 0 Å². The van der Waals surface area contributed by atoms with Gasteiger partial charge < -0.3 is 5.11 Å². The van der Waals surface area contributed by atoms with E-state index in [1.165, 1.54) is 18.6 Å². The van der Waals surface area contributed by atoms with Gasteiger partial charge in [0.25, 0.3) is 0 Å². The quantitative estimate of drug-likeness (QED) is 0.809. The predicted octanol–water partition coefficient (Wildman–Crippen LogP) is 3.88. The number of phenols is 1. The molecule has 2 nitrogen and oxygen atoms in total. The van der Waals surface area contributed by atoms with Crippen molar-refractivity contribution in [3.05, 3.63) is 53.1 Å². The third-order valence-electron chi connectivity index (χ3n) is 3.24. The highest BCUT2D eigenvalue weighted by atomic mass is 16.3. The van der Waals surface area contributed by atoms with Crippen LogP contribution in [0, 0.1) is 13.8 Å². The van der Waals surface area contributed by atoms with E-state index in [1.54, 1.807) is 6.07 Å². The zero-order chi connectivity index (χ0) is 13.3. The summed E-state index contributed by atoms with van der Waals surface area (Å²) in [5.74, 6) is 0.0797. The van der Waals surface area contributed by atoms with Crippen LogP contribution < -0.4 is 0 Å². The summed E-state index contributed by atoms with van der Waals surface area (Å²) < 4.78 is 0. The number of phenolic OH excluding ortho intramolecular Hbond substituents is 1. The van der Waals surface area contributed by atoms with Crippen molar-refractivity contribution >= 4 is 5.78 Å². The smallest absolute Gasteiger partial charge is 0.159 e. The van der Waals surface area contributed by atoms with Crippen LogP contribution in [-0.4, -0.2) is 10.9 Å². The first kappa shape index (κ1) is 12.4. The van der Waals surface area contributed by atoms with Crippen molar-refractivity contribution < 1.29 is 9.90 Å². The number of ketones is 1. The molecule has 92 valence electrons. The molecule has 0 aliphatic heterocycles. The Morgan fingerprint density at radius 2 is 1.83 bits per heavy atom. The van der Waals surface area contributed by atoms with E-state index in [0.717, 1.165) is 16.7 Å². The second-order valence-electron chi connectivity index (χ2n) is 4.57. The zero-order valence-electron chi connectivity index (χ0n) is 10.8. The zero-order valence-corrected chi connectivity index (χ0v) is 10.8. The Hall–Kier alpha value is -2.09. The minimum Gasteiger partial charge on any atom is -0.508 e. The first-order chi connectivity index (χ1) is 8.49. The second kappa shape index (κ2) is 4.65. The minimum absolute atomic E-state index is 0.0440. The van der Waals surface area contributed by atoms with Crippen LogP contribution in [0.3, 0.4) is 0 Å². The first-order valence-electron chi connectivity index (χ1n) is 5.90. The normalized spacial score (nSPS) is 10.4. The Labute approximate surface area is 107 Å². The van der Waals surface area contributed by atoms with Gasteiger partial charge in [0, 0.05) is 5.56 Å². The van der Waals surface area contributed by atoms with Gasteiger partial charge in [0.05, 0.1) is 0 Å². The Morgan fingerprint density at radius 3 is 2.50 bits per heavy atom. The fraction of sp³-hybridized carbons (Fsp3) is 0.188. The summed E-state index contributed by atoms with van der Waals surface area (Å²) in [5.41, 5.74) is 4.82. The van der Waals surface area contributed by atoms with Gasteiger partial charge in [-0.2, -0.15) is 0 Å². The molecule has 0 aromatic heterocycles. The molecule has 2 aromatic rings. The Balaban J connectivity index is 2.64. The molecular weight excluding hydrogens is 224 g/mol. The van der Waals surface area contributed by atoms with Crippen LogP contribution in [0.2, 0.25) is 0 Å². The topological polar surface area (TPSA) is 37.3 Å². The summed E-state index contributed by atoms with van der Waals surface area (Å²) in [6.45, 7) is 5.59. The van der Waals surface area contributed by atoms with Crippen LogP contribution in [0.15, 0.2) is 36.4 Å². The van der Waals surface area contributed by atoms with Crippen molar-refractivity contribution in [2.45, 2.75) is 20.8 Å². The number of rotatable bonds is 2. The maximum Gasteiger partial charge on any atom is 0.159 e. The number of aromatic hydroxyl groups is 1. The highest BCUT2D eigenvalue weighted by molar-refractivity contribution is 5.96. The standard InChI is InChI=1S/C16H16O2/c1-10-5-4-6-16(11(10)2)14-7-13(12(3)17)8-15(18)9-14/h4-9,18H,1-3H3. The van der Waals surface area contributed by atoms with Gasteiger partial charge in [-0.25, -0.2) is 0 Å². The maximum atomic E-state index is 11.4. The lowest BCUT2D eigenvalue weighted by Gasteiger charge is -2.10. The molecule has 0 bridgehead atoms. The Morgan fingerprint density at radius 1 is 1.11 bits per heavy atom. The molecule has 0 atom stereocenters. The summed E-state index contributed by atoms with van der Waals surface area (Å²) in [4.78, 5) is 11.4. The summed E-state index contributed by atoms with van der Waals surface area (Å²) in [7, 11) is 0. The van der Waals surface area contributed by atoms with E-state index in [1.807, 2.05) is 38.1 Å². The average Bonchev–Trinajstić information content (AvgIpc) is 2.31. The monoisotopic (exact) mass is 240 g/mol. The number of aryl methyl sites for hydroxylation is 1. The number of hydrogen-bond donors (Lipinski definition) is 1. The molecule has 0 radical (unpaired) electrons. The summed E-state index contributed by atoms with van der Waals surface area (Å²) >= 11 is 0. The van der Waals surface area contributed by atoms with Crippen LogP contribution in [-0.2, 0) is 0 Å². The van der Waals surface area contributed by atoms with Crippen LogP contribution in [0.1, 0.15) is 28.4 Å². The number of benzene rings is 2. The number of Topliss-reactive ketones (excluding diaryl/α,β-unsaturated/α-hetero) is 1. The van der Waals surface area contributed by atoms with E-state index in [2.05, 4.69) is 0 Å². The summed E-state index contributed by atoms with van der Waals surface area (Å²) in [6.07, 6.45) is 0. The van der Waals surface area contributed by atoms with E-state index in [-0.39, 0.29) is 11.5 Å². The summed E-state index contributed by atoms with van der Waals surface area (Å²) in [5, 5.41) is 9.71. The lowest BCUT2D eigenvalue weighted by molar-refractivity contribution is 0.101. The lowest BCUT2D eigenvalue weighted by atomic mass is 9.95. The number of carbonyl (C=O) groups excluding carboxylic acids is 1. The molecule has 0 saturated carbocycles. The van der Waals surface area contributed by atoms with Crippen LogP contribution >= 0.6 is 0 Å². The minimum atomic E-state index is -0.0440. The van der Waals surface area contributed by atoms with Crippen molar-refractivity contribution in [1.82, 2.24) is 0 Å². The number of hydrogen-bond acceptors (Lipinski definition) is 2. The fourth-order valence-corrected chi connectivity index (χ4v) is 2.03. The van der Waals surface area contributed by atoms with Crippen molar-refractivity contribution in [1.29, 1.82) is 0 Å². The fourth-order valence-electron chi connectivity index (χ4n) is 2.03. The molecular formula is C16H16O2. The predicted molar refractivity (Wildman–Crippen MR) is 73.0 cm³/mol. The largest absolute Gasteiger partial charge is 0.508 e. The van der Waals surface area contributed by atoms with E-state index in [9.17, 15) is 9.90 Å². The molecule has 1 N–H and O–H groups in total. The maximum absolute atomic E-state index is 11.4. The average molecular weight is 240 g/mol. The second-order valence-corrected chi connectivity index (χ2v) is 4.57. The van der Waals surface area contributed by atoms with Gasteiger partial charge in [-0.15, -0.1) is 0 Å². The SMILES string of the molecule is CC(=O)c1cc(O)cc(-c2cccc(C)c2C)c1. The lowest BCUT2D eigenvalue weighted by Crippen LogP contribution is -1.94. The van der Waals surface area contributed by atoms with Crippen molar-refractivity contribution in [2.75, 3.05) is 0 Å². The highest BCUT2D eigenvalue weighted by Crippen LogP contribution is 2.29. The molecule has 18 heavy (non-hydrogen) atoms. The molecule has 0 aliphatic carbocycles. The van der Waals surface area contributed by atoms with Gasteiger partial charge in [0.2, 0.25) is 0 Å². The highest BCUT2D eigenvalue weighted by Gasteiger charge is 2.08. The van der Waals surface area contributed by atoms with E-state index in [4.69, 9.17) is 0 Å². The molecule has 2 rings (SSSR count). The molecule has 0 fully saturated rings. The van der Waals surface area contributed by atoms with E-state index in [0.29, 0.717) is 5.56 Å². The third kappa shape index (κ3) is 2.28. The Kier molecular flexibility index (Phi) is 3.19. The van der Waals surface area contributed by atoms with Gasteiger partial charge in [0.15, 0.2) is 5.78 Å². The molecule has 2 heteroatoms. The molecule has 0 heterocycles. The van der Waals surface area contributed by atoms with Crippen molar-refractivity contribution in [3.63, 3.8) is 0 Å². The van der Waals surface area contributed by atoms with E-state index >= 15 is 0 Å². The van der Waals surface area contributed by atoms with Crippen molar-refractivity contribution in [3.8, 4) is 16.9 Å². The molecule has 0 amide bonds. The number of carbonyl (C=O) groups is 1. The molecule has 0 aliphatic rings. The van der Waals surface area contributed by atoms with Gasteiger partial charge in [0.1, 0.15) is 5.75 Å². The Bertz CT molecular complexity index is 612. The van der Waals surface area contributed by atoms with Crippen molar-refractivity contribution in [2.24, 2.45) is 0 Å². The van der Waals surface area contributed by atoms with Crippen LogP contribution in [0.25, 0.3) is 11.1 Å². The molecule has 0 unspecified atom stereocenters. The van der Waals surface area contributed by atoms with Crippen LogP contribution in [0.5, 0.6) is 5.75 Å². The summed E-state index contributed by atoms with van der Waals surface area (Å²) in [6, 6.07) is 11.0. The van der Waals surface area contributed by atoms with Gasteiger partial charge in [-0.3, -0.25) is 4.79 Å². The first-order valence-corrected chi connectivity index (χ1v) is 5.90. The van der Waals surface area contributed by atoms with Gasteiger partial charge in [-0.1, -0.05) is 18.2 Å². The molecule has 2 aromatic carbocycles. The van der Waals surface area contributed by atoms with Gasteiger partial charge in [-0.05, 0) is 61.2 Å². The van der Waals surface area contributed by atoms with Crippen LogP contribution in [0.4, 0.5) is 0 Å².